The molecule has 0 radical (unpaired) electrons. The Morgan fingerprint density at radius 2 is 2.16 bits per heavy atom. The molecule has 0 bridgehead atoms. The lowest BCUT2D eigenvalue weighted by Crippen LogP contribution is -2.22. The van der Waals surface area contributed by atoms with Gasteiger partial charge in [-0.3, -0.25) is 10.1 Å². The van der Waals surface area contributed by atoms with Crippen LogP contribution in [0.1, 0.15) is 24.8 Å². The van der Waals surface area contributed by atoms with E-state index in [-0.39, 0.29) is 12.0 Å². The SMILES string of the molecule is O=[N+]([O-])c1ccc(/C=C/COC2CCCCO2)cc1. The molecule has 1 unspecified atom stereocenters. The van der Waals surface area contributed by atoms with Crippen LogP contribution < -0.4 is 0 Å². The van der Waals surface area contributed by atoms with Gasteiger partial charge in [0.1, 0.15) is 0 Å². The topological polar surface area (TPSA) is 61.6 Å². The molecule has 1 saturated heterocycles. The summed E-state index contributed by atoms with van der Waals surface area (Å²) in [7, 11) is 0. The second kappa shape index (κ2) is 7.01. The van der Waals surface area contributed by atoms with Gasteiger partial charge < -0.3 is 9.47 Å². The van der Waals surface area contributed by atoms with Crippen LogP contribution in [0.4, 0.5) is 5.69 Å². The molecule has 19 heavy (non-hydrogen) atoms. The van der Waals surface area contributed by atoms with Gasteiger partial charge in [0.2, 0.25) is 0 Å². The van der Waals surface area contributed by atoms with Gasteiger partial charge in [-0.1, -0.05) is 12.2 Å². The number of hydrogen-bond acceptors (Lipinski definition) is 4. The Morgan fingerprint density at radius 1 is 1.37 bits per heavy atom. The van der Waals surface area contributed by atoms with E-state index in [1.54, 1.807) is 12.1 Å². The predicted molar refractivity (Wildman–Crippen MR) is 71.7 cm³/mol. The molecule has 1 aliphatic rings. The van der Waals surface area contributed by atoms with E-state index in [4.69, 9.17) is 9.47 Å². The predicted octanol–water partition coefficient (Wildman–Crippen LogP) is 3.15. The molecule has 1 fully saturated rings. The Bertz CT molecular complexity index is 435. The van der Waals surface area contributed by atoms with E-state index in [2.05, 4.69) is 0 Å². The third kappa shape index (κ3) is 4.46. The summed E-state index contributed by atoms with van der Waals surface area (Å²) < 4.78 is 11.0. The lowest BCUT2D eigenvalue weighted by atomic mass is 10.2. The van der Waals surface area contributed by atoms with Crippen LogP contribution in [0, 0.1) is 10.1 Å². The molecule has 2 rings (SSSR count). The summed E-state index contributed by atoms with van der Waals surface area (Å²) in [6.45, 7) is 1.26. The first-order valence-electron chi connectivity index (χ1n) is 6.40. The number of nitrogens with zero attached hydrogens (tertiary/aromatic N) is 1. The maximum atomic E-state index is 10.5. The van der Waals surface area contributed by atoms with Crippen molar-refractivity contribution in [3.05, 3.63) is 46.0 Å². The van der Waals surface area contributed by atoms with Gasteiger partial charge in [-0.05, 0) is 37.0 Å². The van der Waals surface area contributed by atoms with Crippen molar-refractivity contribution in [2.24, 2.45) is 0 Å². The van der Waals surface area contributed by atoms with Gasteiger partial charge in [0.25, 0.3) is 5.69 Å². The highest BCUT2D eigenvalue weighted by Crippen LogP contribution is 2.14. The standard InChI is InChI=1S/C14H17NO4/c16-15(17)13-8-6-12(7-9-13)4-3-11-19-14-5-1-2-10-18-14/h3-4,6-9,14H,1-2,5,10-11H2/b4-3+. The molecule has 1 aliphatic heterocycles. The summed E-state index contributed by atoms with van der Waals surface area (Å²) in [6, 6.07) is 6.41. The van der Waals surface area contributed by atoms with E-state index in [9.17, 15) is 10.1 Å². The average Bonchev–Trinajstić information content (AvgIpc) is 2.45. The van der Waals surface area contributed by atoms with Gasteiger partial charge in [0.05, 0.1) is 11.5 Å². The van der Waals surface area contributed by atoms with Crippen molar-refractivity contribution in [1.29, 1.82) is 0 Å². The number of rotatable bonds is 5. The fraction of sp³-hybridized carbons (Fsp3) is 0.429. The molecule has 1 aromatic carbocycles. The zero-order valence-corrected chi connectivity index (χ0v) is 10.7. The Hall–Kier alpha value is -1.72. The van der Waals surface area contributed by atoms with E-state index < -0.39 is 4.92 Å². The molecule has 1 atom stereocenters. The molecule has 0 saturated carbocycles. The fourth-order valence-corrected chi connectivity index (χ4v) is 1.90. The molecule has 0 aromatic heterocycles. The first kappa shape index (κ1) is 13.7. The second-order valence-electron chi connectivity index (χ2n) is 4.38. The van der Waals surface area contributed by atoms with Crippen molar-refractivity contribution >= 4 is 11.8 Å². The van der Waals surface area contributed by atoms with Crippen LogP contribution in [0.5, 0.6) is 0 Å². The van der Waals surface area contributed by atoms with Crippen LogP contribution in [-0.2, 0) is 9.47 Å². The Labute approximate surface area is 112 Å². The highest BCUT2D eigenvalue weighted by atomic mass is 16.7. The summed E-state index contributed by atoms with van der Waals surface area (Å²) in [6.07, 6.45) is 6.89. The molecular formula is C14H17NO4. The van der Waals surface area contributed by atoms with E-state index >= 15 is 0 Å². The van der Waals surface area contributed by atoms with E-state index in [0.29, 0.717) is 6.61 Å². The molecular weight excluding hydrogens is 246 g/mol. The fourth-order valence-electron chi connectivity index (χ4n) is 1.90. The molecule has 1 aromatic rings. The van der Waals surface area contributed by atoms with Crippen LogP contribution in [0.2, 0.25) is 0 Å². The third-order valence-corrected chi connectivity index (χ3v) is 2.93. The Balaban J connectivity index is 1.76. The first-order chi connectivity index (χ1) is 9.25. The van der Waals surface area contributed by atoms with Gasteiger partial charge in [-0.15, -0.1) is 0 Å². The monoisotopic (exact) mass is 263 g/mol. The van der Waals surface area contributed by atoms with Crippen molar-refractivity contribution in [2.75, 3.05) is 13.2 Å². The molecule has 0 amide bonds. The van der Waals surface area contributed by atoms with Gasteiger partial charge in [0.15, 0.2) is 6.29 Å². The Morgan fingerprint density at radius 3 is 2.79 bits per heavy atom. The summed E-state index contributed by atoms with van der Waals surface area (Å²) in [5, 5.41) is 10.5. The lowest BCUT2D eigenvalue weighted by Gasteiger charge is -2.21. The van der Waals surface area contributed by atoms with E-state index in [1.165, 1.54) is 12.1 Å². The minimum atomic E-state index is -0.406. The third-order valence-electron chi connectivity index (χ3n) is 2.93. The average molecular weight is 263 g/mol. The first-order valence-corrected chi connectivity index (χ1v) is 6.40. The van der Waals surface area contributed by atoms with Crippen LogP contribution in [-0.4, -0.2) is 24.4 Å². The maximum absolute atomic E-state index is 10.5. The zero-order valence-electron chi connectivity index (χ0n) is 10.7. The van der Waals surface area contributed by atoms with Crippen LogP contribution in [0.25, 0.3) is 6.08 Å². The summed E-state index contributed by atoms with van der Waals surface area (Å²) in [5.41, 5.74) is 1.02. The summed E-state index contributed by atoms with van der Waals surface area (Å²) in [5.74, 6) is 0. The van der Waals surface area contributed by atoms with Gasteiger partial charge >= 0.3 is 0 Å². The Kier molecular flexibility index (Phi) is 5.06. The lowest BCUT2D eigenvalue weighted by molar-refractivity contribution is -0.384. The minimum Gasteiger partial charge on any atom is -0.353 e. The van der Waals surface area contributed by atoms with E-state index in [1.807, 2.05) is 12.2 Å². The van der Waals surface area contributed by atoms with Crippen molar-refractivity contribution in [3.8, 4) is 0 Å². The largest absolute Gasteiger partial charge is 0.353 e. The van der Waals surface area contributed by atoms with Gasteiger partial charge in [0, 0.05) is 18.7 Å². The number of non-ortho nitro benzene ring substituents is 1. The molecule has 5 nitrogen and oxygen atoms in total. The smallest absolute Gasteiger partial charge is 0.269 e. The molecule has 0 N–H and O–H groups in total. The highest BCUT2D eigenvalue weighted by molar-refractivity contribution is 5.51. The van der Waals surface area contributed by atoms with Crippen molar-refractivity contribution in [2.45, 2.75) is 25.6 Å². The molecule has 5 heteroatoms. The van der Waals surface area contributed by atoms with Crippen molar-refractivity contribution < 1.29 is 14.4 Å². The van der Waals surface area contributed by atoms with Crippen LogP contribution >= 0.6 is 0 Å². The quantitative estimate of drug-likeness (QED) is 0.604. The number of nitro groups is 1. The number of nitro benzene ring substituents is 1. The number of benzene rings is 1. The maximum Gasteiger partial charge on any atom is 0.269 e. The van der Waals surface area contributed by atoms with Crippen LogP contribution in [0.15, 0.2) is 30.3 Å². The molecule has 0 spiro atoms. The molecule has 102 valence electrons. The zero-order chi connectivity index (χ0) is 13.5. The normalized spacial score (nSPS) is 19.7. The summed E-state index contributed by atoms with van der Waals surface area (Å²) >= 11 is 0. The van der Waals surface area contributed by atoms with Crippen molar-refractivity contribution in [1.82, 2.24) is 0 Å². The number of hydrogen-bond donors (Lipinski definition) is 0. The highest BCUT2D eigenvalue weighted by Gasteiger charge is 2.12. The minimum absolute atomic E-state index is 0.0877. The van der Waals surface area contributed by atoms with E-state index in [0.717, 1.165) is 31.4 Å². The molecule has 1 heterocycles. The second-order valence-corrected chi connectivity index (χ2v) is 4.38. The molecule has 0 aliphatic carbocycles. The number of ether oxygens (including phenoxy) is 2. The summed E-state index contributed by atoms with van der Waals surface area (Å²) in [4.78, 5) is 10.1. The van der Waals surface area contributed by atoms with Crippen LogP contribution in [0.3, 0.4) is 0 Å². The van der Waals surface area contributed by atoms with Gasteiger partial charge in [-0.2, -0.15) is 0 Å². The van der Waals surface area contributed by atoms with Crippen molar-refractivity contribution in [3.63, 3.8) is 0 Å². The van der Waals surface area contributed by atoms with Gasteiger partial charge in [-0.25, -0.2) is 0 Å².